The van der Waals surface area contributed by atoms with E-state index in [1.165, 1.54) is 17.7 Å². The monoisotopic (exact) mass is 500 g/mol. The number of carbonyl (C=O) groups is 2. The Morgan fingerprint density at radius 1 is 1.03 bits per heavy atom. The van der Waals surface area contributed by atoms with E-state index in [0.717, 1.165) is 54.4 Å². The number of benzene rings is 3. The third-order valence-corrected chi connectivity index (χ3v) is 7.46. The second-order valence-corrected chi connectivity index (χ2v) is 10.1. The fourth-order valence-corrected chi connectivity index (χ4v) is 5.53. The lowest BCUT2D eigenvalue weighted by molar-refractivity contribution is -0.137. The summed E-state index contributed by atoms with van der Waals surface area (Å²) in [5.41, 5.74) is 5.34. The molecule has 5 rings (SSSR count). The number of halogens is 1. The molecule has 1 heterocycles. The highest BCUT2D eigenvalue weighted by atomic mass is 19.1. The molecular weight excluding hydrogens is 467 g/mol. The summed E-state index contributed by atoms with van der Waals surface area (Å²) in [5.74, 6) is 0.399. The van der Waals surface area contributed by atoms with Crippen LogP contribution in [0.15, 0.2) is 66.7 Å². The Bertz CT molecular complexity index is 1270. The number of hydrogen-bond donors (Lipinski definition) is 1. The molecule has 1 atom stereocenters. The van der Waals surface area contributed by atoms with Gasteiger partial charge in [0.05, 0.1) is 6.04 Å². The minimum atomic E-state index is -0.307. The van der Waals surface area contributed by atoms with E-state index in [1.807, 2.05) is 18.2 Å². The van der Waals surface area contributed by atoms with Crippen LogP contribution >= 0.6 is 0 Å². The molecule has 1 saturated carbocycles. The van der Waals surface area contributed by atoms with Crippen molar-refractivity contribution in [3.63, 3.8) is 0 Å². The predicted molar refractivity (Wildman–Crippen MR) is 141 cm³/mol. The van der Waals surface area contributed by atoms with Crippen LogP contribution in [0.2, 0.25) is 0 Å². The van der Waals surface area contributed by atoms with E-state index in [2.05, 4.69) is 41.4 Å². The first kappa shape index (κ1) is 25.0. The second-order valence-electron chi connectivity index (χ2n) is 10.1. The smallest absolute Gasteiger partial charge is 0.258 e. The Balaban J connectivity index is 1.33. The quantitative estimate of drug-likeness (QED) is 0.467. The average Bonchev–Trinajstić information content (AvgIpc) is 3.45. The van der Waals surface area contributed by atoms with Crippen LogP contribution in [0.3, 0.4) is 0 Å². The fourth-order valence-electron chi connectivity index (χ4n) is 5.53. The molecule has 1 N–H and O–H groups in total. The number of ether oxygens (including phenoxy) is 1. The Kier molecular flexibility index (Phi) is 7.54. The minimum absolute atomic E-state index is 0.109. The Hall–Kier alpha value is -3.67. The van der Waals surface area contributed by atoms with Gasteiger partial charge < -0.3 is 15.0 Å². The summed E-state index contributed by atoms with van der Waals surface area (Å²) < 4.78 is 19.0. The van der Waals surface area contributed by atoms with Gasteiger partial charge in [-0.2, -0.15) is 0 Å². The third-order valence-electron chi connectivity index (χ3n) is 7.46. The van der Waals surface area contributed by atoms with Gasteiger partial charge in [-0.25, -0.2) is 4.39 Å². The number of aryl methyl sites for hydroxylation is 1. The van der Waals surface area contributed by atoms with Gasteiger partial charge in [0.1, 0.15) is 11.6 Å². The van der Waals surface area contributed by atoms with Crippen LogP contribution in [0.1, 0.15) is 59.5 Å². The van der Waals surface area contributed by atoms with Crippen LogP contribution in [0.5, 0.6) is 5.75 Å². The van der Waals surface area contributed by atoms with Gasteiger partial charge in [0.15, 0.2) is 6.61 Å². The topological polar surface area (TPSA) is 58.6 Å². The van der Waals surface area contributed by atoms with Crippen molar-refractivity contribution in [1.82, 2.24) is 10.2 Å². The van der Waals surface area contributed by atoms with Crippen molar-refractivity contribution in [2.24, 2.45) is 5.92 Å². The number of amides is 2. The molecule has 6 heteroatoms. The SMILES string of the molecule is Cc1cccc([C@H]2c3cc(OCC(=O)NCc4ccc(F)cc4)ccc3CCN2C(=O)C2CCCC2)c1. The molecule has 1 fully saturated rings. The molecule has 3 aromatic rings. The number of nitrogens with one attached hydrogen (secondary N) is 1. The fraction of sp³-hybridized carbons (Fsp3) is 0.355. The minimum Gasteiger partial charge on any atom is -0.484 e. The van der Waals surface area contributed by atoms with E-state index in [4.69, 9.17) is 4.74 Å². The van der Waals surface area contributed by atoms with Crippen LogP contribution in [-0.4, -0.2) is 29.9 Å². The van der Waals surface area contributed by atoms with Crippen molar-refractivity contribution in [3.8, 4) is 5.75 Å². The molecule has 1 aliphatic carbocycles. The number of rotatable bonds is 7. The zero-order valence-corrected chi connectivity index (χ0v) is 21.2. The van der Waals surface area contributed by atoms with Crippen LogP contribution < -0.4 is 10.1 Å². The zero-order valence-electron chi connectivity index (χ0n) is 21.2. The van der Waals surface area contributed by atoms with E-state index in [9.17, 15) is 14.0 Å². The maximum Gasteiger partial charge on any atom is 0.258 e. The van der Waals surface area contributed by atoms with Crippen molar-refractivity contribution in [2.45, 2.75) is 51.6 Å². The molecule has 3 aromatic carbocycles. The van der Waals surface area contributed by atoms with E-state index in [1.54, 1.807) is 12.1 Å². The second kappa shape index (κ2) is 11.2. The van der Waals surface area contributed by atoms with Crippen LogP contribution in [0.4, 0.5) is 4.39 Å². The van der Waals surface area contributed by atoms with Crippen LogP contribution in [-0.2, 0) is 22.6 Å². The molecule has 1 aliphatic heterocycles. The highest BCUT2D eigenvalue weighted by Gasteiger charge is 2.36. The van der Waals surface area contributed by atoms with Gasteiger partial charge in [0.25, 0.3) is 5.91 Å². The molecule has 0 aromatic heterocycles. The molecule has 2 amide bonds. The van der Waals surface area contributed by atoms with Gasteiger partial charge >= 0.3 is 0 Å². The van der Waals surface area contributed by atoms with Crippen molar-refractivity contribution >= 4 is 11.8 Å². The van der Waals surface area contributed by atoms with Crippen LogP contribution in [0.25, 0.3) is 0 Å². The van der Waals surface area contributed by atoms with Gasteiger partial charge in [0.2, 0.25) is 5.91 Å². The molecular formula is C31H33FN2O3. The zero-order chi connectivity index (χ0) is 25.8. The summed E-state index contributed by atoms with van der Waals surface area (Å²) >= 11 is 0. The molecule has 2 aliphatic rings. The van der Waals surface area contributed by atoms with E-state index >= 15 is 0 Å². The largest absolute Gasteiger partial charge is 0.484 e. The number of nitrogens with zero attached hydrogens (tertiary/aromatic N) is 1. The first-order chi connectivity index (χ1) is 18.0. The summed E-state index contributed by atoms with van der Waals surface area (Å²) in [7, 11) is 0. The molecule has 192 valence electrons. The molecule has 5 nitrogen and oxygen atoms in total. The summed E-state index contributed by atoms with van der Waals surface area (Å²) in [6.07, 6.45) is 4.99. The van der Waals surface area contributed by atoms with Crippen LogP contribution in [0, 0.1) is 18.7 Å². The maximum absolute atomic E-state index is 13.6. The highest BCUT2D eigenvalue weighted by molar-refractivity contribution is 5.80. The van der Waals surface area contributed by atoms with Crippen molar-refractivity contribution < 1.29 is 18.7 Å². The van der Waals surface area contributed by atoms with Gasteiger partial charge in [-0.05, 0) is 72.7 Å². The molecule has 0 spiro atoms. The van der Waals surface area contributed by atoms with Gasteiger partial charge in [-0.1, -0.05) is 60.9 Å². The highest BCUT2D eigenvalue weighted by Crippen LogP contribution is 2.39. The van der Waals surface area contributed by atoms with Gasteiger partial charge in [0, 0.05) is 19.0 Å². The molecule has 0 bridgehead atoms. The van der Waals surface area contributed by atoms with Gasteiger partial charge in [-0.3, -0.25) is 9.59 Å². The van der Waals surface area contributed by atoms with Crippen molar-refractivity contribution in [3.05, 3.63) is 100 Å². The number of hydrogen-bond acceptors (Lipinski definition) is 3. The lowest BCUT2D eigenvalue weighted by atomic mass is 9.86. The third kappa shape index (κ3) is 5.85. The lowest BCUT2D eigenvalue weighted by Crippen LogP contribution is -2.43. The molecule has 0 radical (unpaired) electrons. The summed E-state index contributed by atoms with van der Waals surface area (Å²) in [6, 6.07) is 20.2. The Morgan fingerprint density at radius 3 is 2.57 bits per heavy atom. The number of fused-ring (bicyclic) bond motifs is 1. The maximum atomic E-state index is 13.6. The summed E-state index contributed by atoms with van der Waals surface area (Å²) in [5, 5.41) is 2.81. The molecule has 37 heavy (non-hydrogen) atoms. The average molecular weight is 501 g/mol. The first-order valence-corrected chi connectivity index (χ1v) is 13.1. The predicted octanol–water partition coefficient (Wildman–Crippen LogP) is 5.49. The lowest BCUT2D eigenvalue weighted by Gasteiger charge is -2.39. The van der Waals surface area contributed by atoms with Crippen molar-refractivity contribution in [2.75, 3.05) is 13.2 Å². The Labute approximate surface area is 217 Å². The first-order valence-electron chi connectivity index (χ1n) is 13.1. The van der Waals surface area contributed by atoms with E-state index in [0.29, 0.717) is 18.8 Å². The van der Waals surface area contributed by atoms with E-state index < -0.39 is 0 Å². The standard InChI is InChI=1S/C31H33FN2O3/c1-21-5-4-8-25(17-21)30-28-18-27(37-20-29(35)33-19-22-9-12-26(32)13-10-22)14-11-23(28)15-16-34(30)31(36)24-6-2-3-7-24/h4-5,8-14,17-18,24,30H,2-3,6-7,15-16,19-20H2,1H3,(H,33,35)/t30-/m0/s1. The van der Waals surface area contributed by atoms with E-state index in [-0.39, 0.29) is 36.2 Å². The molecule has 0 saturated heterocycles. The molecule has 0 unspecified atom stereocenters. The normalized spacial score (nSPS) is 17.4. The van der Waals surface area contributed by atoms with Crippen molar-refractivity contribution in [1.29, 1.82) is 0 Å². The Morgan fingerprint density at radius 2 is 1.81 bits per heavy atom. The summed E-state index contributed by atoms with van der Waals surface area (Å²) in [6.45, 7) is 2.95. The van der Waals surface area contributed by atoms with Gasteiger partial charge in [-0.15, -0.1) is 0 Å². The number of carbonyl (C=O) groups excluding carboxylic acids is 2. The summed E-state index contributed by atoms with van der Waals surface area (Å²) in [4.78, 5) is 28.1.